The summed E-state index contributed by atoms with van der Waals surface area (Å²) < 4.78 is 7.63. The molecule has 0 N–H and O–H groups in total. The molecular weight excluding hydrogens is 334 g/mol. The molecule has 0 saturated carbocycles. The number of benzene rings is 2. The van der Waals surface area contributed by atoms with Gasteiger partial charge < -0.3 is 4.74 Å². The lowest BCUT2D eigenvalue weighted by Gasteiger charge is -2.25. The molecule has 1 saturated heterocycles. The van der Waals surface area contributed by atoms with Crippen LogP contribution >= 0.6 is 0 Å². The SMILES string of the molecule is Cn1cc(-c2ccc(CN3CCC[C@H]3c3ccc4c(c3)OCC4)cc2)cn1. The molecule has 27 heavy (non-hydrogen) atoms. The zero-order valence-electron chi connectivity index (χ0n) is 15.8. The fourth-order valence-electron chi connectivity index (χ4n) is 4.39. The third-order valence-electron chi connectivity index (χ3n) is 5.85. The molecule has 2 aromatic carbocycles. The summed E-state index contributed by atoms with van der Waals surface area (Å²) in [5, 5.41) is 4.27. The first-order valence-corrected chi connectivity index (χ1v) is 9.84. The summed E-state index contributed by atoms with van der Waals surface area (Å²) in [5.41, 5.74) is 6.52. The quantitative estimate of drug-likeness (QED) is 0.693. The number of hydrogen-bond donors (Lipinski definition) is 0. The summed E-state index contributed by atoms with van der Waals surface area (Å²) >= 11 is 0. The van der Waals surface area contributed by atoms with Crippen molar-refractivity contribution < 1.29 is 4.74 Å². The molecule has 0 bridgehead atoms. The number of ether oxygens (including phenoxy) is 1. The van der Waals surface area contributed by atoms with Gasteiger partial charge in [0.15, 0.2) is 0 Å². The number of hydrogen-bond acceptors (Lipinski definition) is 3. The van der Waals surface area contributed by atoms with Crippen molar-refractivity contribution in [3.05, 3.63) is 71.5 Å². The van der Waals surface area contributed by atoms with Crippen LogP contribution in [0.5, 0.6) is 5.75 Å². The first-order valence-electron chi connectivity index (χ1n) is 9.84. The minimum Gasteiger partial charge on any atom is -0.493 e. The van der Waals surface area contributed by atoms with Crippen LogP contribution in [0, 0.1) is 0 Å². The fourth-order valence-corrected chi connectivity index (χ4v) is 4.39. The number of fused-ring (bicyclic) bond motifs is 1. The third-order valence-corrected chi connectivity index (χ3v) is 5.85. The summed E-state index contributed by atoms with van der Waals surface area (Å²) in [7, 11) is 1.95. The molecule has 0 unspecified atom stereocenters. The number of aromatic nitrogens is 2. The van der Waals surface area contributed by atoms with Crippen LogP contribution in [0.3, 0.4) is 0 Å². The summed E-state index contributed by atoms with van der Waals surface area (Å²) in [6, 6.07) is 16.3. The van der Waals surface area contributed by atoms with Crippen molar-refractivity contribution in [2.75, 3.05) is 13.2 Å². The average Bonchev–Trinajstić information content (AvgIpc) is 3.42. The Balaban J connectivity index is 1.32. The van der Waals surface area contributed by atoms with E-state index in [1.54, 1.807) is 0 Å². The van der Waals surface area contributed by atoms with E-state index in [1.807, 2.05) is 17.9 Å². The van der Waals surface area contributed by atoms with E-state index in [9.17, 15) is 0 Å². The summed E-state index contributed by atoms with van der Waals surface area (Å²) in [6.45, 7) is 2.99. The molecule has 2 aliphatic rings. The van der Waals surface area contributed by atoms with Crippen molar-refractivity contribution in [1.29, 1.82) is 0 Å². The molecule has 0 radical (unpaired) electrons. The van der Waals surface area contributed by atoms with Crippen LogP contribution in [-0.2, 0) is 20.0 Å². The Hall–Kier alpha value is -2.59. The minimum atomic E-state index is 0.498. The van der Waals surface area contributed by atoms with Gasteiger partial charge in [0.05, 0.1) is 12.8 Å². The van der Waals surface area contributed by atoms with E-state index in [4.69, 9.17) is 4.74 Å². The van der Waals surface area contributed by atoms with Gasteiger partial charge in [0.25, 0.3) is 0 Å². The van der Waals surface area contributed by atoms with Crippen molar-refractivity contribution >= 4 is 0 Å². The van der Waals surface area contributed by atoms with Gasteiger partial charge in [0.2, 0.25) is 0 Å². The highest BCUT2D eigenvalue weighted by Crippen LogP contribution is 2.37. The Labute approximate surface area is 160 Å². The average molecular weight is 359 g/mol. The molecule has 1 fully saturated rings. The molecule has 4 heteroatoms. The van der Waals surface area contributed by atoms with Gasteiger partial charge in [-0.1, -0.05) is 36.4 Å². The van der Waals surface area contributed by atoms with E-state index >= 15 is 0 Å². The van der Waals surface area contributed by atoms with Gasteiger partial charge in [0, 0.05) is 37.8 Å². The second-order valence-electron chi connectivity index (χ2n) is 7.69. The molecule has 0 amide bonds. The molecule has 0 spiro atoms. The molecule has 2 aliphatic heterocycles. The molecule has 3 heterocycles. The first kappa shape index (κ1) is 16.6. The highest BCUT2D eigenvalue weighted by atomic mass is 16.5. The van der Waals surface area contributed by atoms with Gasteiger partial charge in [-0.05, 0) is 47.7 Å². The van der Waals surface area contributed by atoms with Crippen molar-refractivity contribution in [3.63, 3.8) is 0 Å². The van der Waals surface area contributed by atoms with E-state index in [0.29, 0.717) is 6.04 Å². The minimum absolute atomic E-state index is 0.498. The Bertz CT molecular complexity index is 945. The van der Waals surface area contributed by atoms with Crippen molar-refractivity contribution in [2.45, 2.75) is 31.8 Å². The van der Waals surface area contributed by atoms with Crippen molar-refractivity contribution in [2.24, 2.45) is 7.05 Å². The van der Waals surface area contributed by atoms with Gasteiger partial charge in [-0.15, -0.1) is 0 Å². The van der Waals surface area contributed by atoms with Crippen LogP contribution in [0.2, 0.25) is 0 Å². The molecule has 3 aromatic rings. The lowest BCUT2D eigenvalue weighted by molar-refractivity contribution is 0.248. The molecule has 1 atom stereocenters. The van der Waals surface area contributed by atoms with E-state index in [2.05, 4.69) is 58.7 Å². The first-order chi connectivity index (χ1) is 13.3. The van der Waals surface area contributed by atoms with Crippen LogP contribution in [0.4, 0.5) is 0 Å². The third kappa shape index (κ3) is 3.26. The normalized spacial score (nSPS) is 19.2. The van der Waals surface area contributed by atoms with Crippen LogP contribution in [-0.4, -0.2) is 27.8 Å². The predicted molar refractivity (Wildman–Crippen MR) is 107 cm³/mol. The van der Waals surface area contributed by atoms with Gasteiger partial charge in [-0.25, -0.2) is 0 Å². The second kappa shape index (κ2) is 6.86. The Morgan fingerprint density at radius 2 is 2.00 bits per heavy atom. The maximum Gasteiger partial charge on any atom is 0.122 e. The highest BCUT2D eigenvalue weighted by Gasteiger charge is 2.27. The second-order valence-corrected chi connectivity index (χ2v) is 7.69. The zero-order valence-corrected chi connectivity index (χ0v) is 15.8. The van der Waals surface area contributed by atoms with Gasteiger partial charge in [-0.3, -0.25) is 9.58 Å². The summed E-state index contributed by atoms with van der Waals surface area (Å²) in [6.07, 6.45) is 7.51. The molecule has 0 aliphatic carbocycles. The monoisotopic (exact) mass is 359 g/mol. The molecule has 4 nitrogen and oxygen atoms in total. The summed E-state index contributed by atoms with van der Waals surface area (Å²) in [4.78, 5) is 2.61. The molecule has 1 aromatic heterocycles. The van der Waals surface area contributed by atoms with Crippen molar-refractivity contribution in [3.8, 4) is 16.9 Å². The molecule has 5 rings (SSSR count). The maximum atomic E-state index is 5.78. The molecule has 138 valence electrons. The standard InChI is InChI=1S/C23H25N3O/c1-25-16-21(14-24-25)18-6-4-17(5-7-18)15-26-11-2-3-22(26)20-9-8-19-10-12-27-23(19)13-20/h4-9,13-14,16,22H,2-3,10-12,15H2,1H3/t22-/m0/s1. The van der Waals surface area contributed by atoms with E-state index in [0.717, 1.165) is 31.9 Å². The fraction of sp³-hybridized carbons (Fsp3) is 0.348. The number of rotatable bonds is 4. The predicted octanol–water partition coefficient (Wildman–Crippen LogP) is 4.36. The van der Waals surface area contributed by atoms with Gasteiger partial charge in [0.1, 0.15) is 5.75 Å². The Kier molecular flexibility index (Phi) is 4.21. The topological polar surface area (TPSA) is 30.3 Å². The number of aryl methyl sites for hydroxylation is 1. The van der Waals surface area contributed by atoms with Gasteiger partial charge in [-0.2, -0.15) is 5.10 Å². The van der Waals surface area contributed by atoms with Crippen LogP contribution in [0.25, 0.3) is 11.1 Å². The van der Waals surface area contributed by atoms with Crippen LogP contribution in [0.15, 0.2) is 54.9 Å². The lowest BCUT2D eigenvalue weighted by Crippen LogP contribution is -2.22. The Morgan fingerprint density at radius 1 is 1.11 bits per heavy atom. The largest absolute Gasteiger partial charge is 0.493 e. The highest BCUT2D eigenvalue weighted by molar-refractivity contribution is 5.61. The Morgan fingerprint density at radius 3 is 2.81 bits per heavy atom. The lowest BCUT2D eigenvalue weighted by atomic mass is 10.0. The van der Waals surface area contributed by atoms with E-state index in [-0.39, 0.29) is 0 Å². The van der Waals surface area contributed by atoms with Crippen LogP contribution in [0.1, 0.15) is 35.6 Å². The zero-order chi connectivity index (χ0) is 18.2. The van der Waals surface area contributed by atoms with E-state index < -0.39 is 0 Å². The van der Waals surface area contributed by atoms with Crippen molar-refractivity contribution in [1.82, 2.24) is 14.7 Å². The number of nitrogens with zero attached hydrogens (tertiary/aromatic N) is 3. The van der Waals surface area contributed by atoms with E-state index in [1.165, 1.54) is 40.7 Å². The maximum absolute atomic E-state index is 5.78. The van der Waals surface area contributed by atoms with Crippen LogP contribution < -0.4 is 4.74 Å². The number of likely N-dealkylation sites (tertiary alicyclic amines) is 1. The summed E-state index contributed by atoms with van der Waals surface area (Å²) in [5.74, 6) is 1.10. The van der Waals surface area contributed by atoms with Gasteiger partial charge >= 0.3 is 0 Å². The smallest absolute Gasteiger partial charge is 0.122 e. The molecular formula is C23H25N3O.